The van der Waals surface area contributed by atoms with E-state index < -0.39 is 5.97 Å². The van der Waals surface area contributed by atoms with Gasteiger partial charge in [-0.3, -0.25) is 0 Å². The van der Waals surface area contributed by atoms with Crippen LogP contribution in [0.4, 0.5) is 0 Å². The zero-order valence-electron chi connectivity index (χ0n) is 15.4. The molecular weight excluding hydrogens is 346 g/mol. The fraction of sp³-hybridized carbons (Fsp3) is 0.333. The smallest absolute Gasteiger partial charge is 0.344 e. The molecule has 0 aliphatic carbocycles. The summed E-state index contributed by atoms with van der Waals surface area (Å²) in [5, 5.41) is 8.75. The van der Waals surface area contributed by atoms with E-state index in [1.54, 1.807) is 30.3 Å². The number of carbonyl (C=O) groups is 1. The molecule has 0 unspecified atom stereocenters. The van der Waals surface area contributed by atoms with Gasteiger partial charge in [-0.15, -0.1) is 0 Å². The van der Waals surface area contributed by atoms with Crippen molar-refractivity contribution < 1.29 is 23.7 Å². The van der Waals surface area contributed by atoms with Gasteiger partial charge in [0.1, 0.15) is 24.6 Å². The number of rotatable bonds is 7. The SMILES string of the molecule is CC1(C)Cc2cccc(OCC(=O)OCCOc3ccc(C#N)cc3)c2O1. The quantitative estimate of drug-likeness (QED) is 0.552. The van der Waals surface area contributed by atoms with Gasteiger partial charge in [-0.05, 0) is 44.2 Å². The first kappa shape index (κ1) is 18.6. The molecule has 1 aliphatic heterocycles. The summed E-state index contributed by atoms with van der Waals surface area (Å²) in [5.74, 6) is 1.37. The molecule has 1 heterocycles. The lowest BCUT2D eigenvalue weighted by atomic mass is 10.0. The van der Waals surface area contributed by atoms with Crippen molar-refractivity contribution in [3.05, 3.63) is 53.6 Å². The number of fused-ring (bicyclic) bond motifs is 1. The first-order valence-corrected chi connectivity index (χ1v) is 8.69. The molecule has 0 spiro atoms. The van der Waals surface area contributed by atoms with E-state index in [4.69, 9.17) is 24.2 Å². The molecule has 0 amide bonds. The molecule has 0 aromatic heterocycles. The van der Waals surface area contributed by atoms with Gasteiger partial charge in [0, 0.05) is 12.0 Å². The van der Waals surface area contributed by atoms with Gasteiger partial charge in [0.15, 0.2) is 18.1 Å². The summed E-state index contributed by atoms with van der Waals surface area (Å²) in [6, 6.07) is 14.4. The van der Waals surface area contributed by atoms with Crippen molar-refractivity contribution in [3.63, 3.8) is 0 Å². The predicted molar refractivity (Wildman–Crippen MR) is 98.0 cm³/mol. The molecule has 0 atom stereocenters. The van der Waals surface area contributed by atoms with E-state index in [9.17, 15) is 4.79 Å². The lowest BCUT2D eigenvalue weighted by Crippen LogP contribution is -2.25. The van der Waals surface area contributed by atoms with E-state index in [-0.39, 0.29) is 25.4 Å². The highest BCUT2D eigenvalue weighted by molar-refractivity contribution is 5.71. The Bertz CT molecular complexity index is 852. The third-order valence-corrected chi connectivity index (χ3v) is 4.00. The maximum Gasteiger partial charge on any atom is 0.344 e. The standard InChI is InChI=1S/C21H21NO5/c1-21(2)12-16-4-3-5-18(20(16)27-21)26-14-19(23)25-11-10-24-17-8-6-15(13-22)7-9-17/h3-9H,10-12,14H2,1-2H3. The Balaban J connectivity index is 1.41. The fourth-order valence-electron chi connectivity index (χ4n) is 2.82. The minimum Gasteiger partial charge on any atom is -0.490 e. The Morgan fingerprint density at radius 1 is 1.15 bits per heavy atom. The summed E-state index contributed by atoms with van der Waals surface area (Å²) in [7, 11) is 0. The molecule has 140 valence electrons. The summed E-state index contributed by atoms with van der Waals surface area (Å²) < 4.78 is 22.0. The molecule has 0 radical (unpaired) electrons. The molecule has 27 heavy (non-hydrogen) atoms. The number of esters is 1. The van der Waals surface area contributed by atoms with Crippen LogP contribution in [0.2, 0.25) is 0 Å². The van der Waals surface area contributed by atoms with Crippen molar-refractivity contribution in [3.8, 4) is 23.3 Å². The fourth-order valence-corrected chi connectivity index (χ4v) is 2.82. The molecule has 1 aliphatic rings. The summed E-state index contributed by atoms with van der Waals surface area (Å²) in [6.45, 7) is 4.16. The number of ether oxygens (including phenoxy) is 4. The van der Waals surface area contributed by atoms with Gasteiger partial charge < -0.3 is 18.9 Å². The molecule has 0 fully saturated rings. The number of hydrogen-bond donors (Lipinski definition) is 0. The van der Waals surface area contributed by atoms with E-state index in [0.29, 0.717) is 22.8 Å². The molecule has 0 saturated heterocycles. The van der Waals surface area contributed by atoms with Gasteiger partial charge in [0.05, 0.1) is 11.6 Å². The van der Waals surface area contributed by atoms with Gasteiger partial charge in [0.2, 0.25) is 0 Å². The van der Waals surface area contributed by atoms with Crippen LogP contribution in [0.1, 0.15) is 25.0 Å². The highest BCUT2D eigenvalue weighted by Crippen LogP contribution is 2.41. The number of hydrogen-bond acceptors (Lipinski definition) is 6. The Morgan fingerprint density at radius 2 is 1.93 bits per heavy atom. The van der Waals surface area contributed by atoms with Gasteiger partial charge in [0.25, 0.3) is 0 Å². The Morgan fingerprint density at radius 3 is 2.67 bits per heavy atom. The summed E-state index contributed by atoms with van der Waals surface area (Å²) >= 11 is 0. The van der Waals surface area contributed by atoms with Crippen LogP contribution in [0.15, 0.2) is 42.5 Å². The third-order valence-electron chi connectivity index (χ3n) is 4.00. The normalized spacial score (nSPS) is 13.8. The average molecular weight is 367 g/mol. The molecular formula is C21H21NO5. The number of para-hydroxylation sites is 1. The summed E-state index contributed by atoms with van der Waals surface area (Å²) in [6.07, 6.45) is 0.802. The second-order valence-corrected chi connectivity index (χ2v) is 6.78. The third kappa shape index (κ3) is 4.91. The first-order chi connectivity index (χ1) is 13.0. The number of carbonyl (C=O) groups excluding carboxylic acids is 1. The van der Waals surface area contributed by atoms with Crippen LogP contribution in [0.3, 0.4) is 0 Å². The maximum atomic E-state index is 11.9. The number of nitriles is 1. The number of benzene rings is 2. The second-order valence-electron chi connectivity index (χ2n) is 6.78. The molecule has 0 N–H and O–H groups in total. The van der Waals surface area contributed by atoms with Crippen LogP contribution in [-0.2, 0) is 16.0 Å². The van der Waals surface area contributed by atoms with Crippen LogP contribution < -0.4 is 14.2 Å². The summed E-state index contributed by atoms with van der Waals surface area (Å²) in [5.41, 5.74) is 1.36. The first-order valence-electron chi connectivity index (χ1n) is 8.69. The van der Waals surface area contributed by atoms with Gasteiger partial charge in [-0.25, -0.2) is 4.79 Å². The lowest BCUT2D eigenvalue weighted by Gasteiger charge is -2.18. The average Bonchev–Trinajstić information content (AvgIpc) is 2.98. The minimum atomic E-state index is -0.478. The zero-order chi connectivity index (χ0) is 19.3. The monoisotopic (exact) mass is 367 g/mol. The van der Waals surface area contributed by atoms with E-state index in [0.717, 1.165) is 12.0 Å². The minimum absolute atomic E-state index is 0.110. The van der Waals surface area contributed by atoms with Crippen LogP contribution in [0.25, 0.3) is 0 Å². The van der Waals surface area contributed by atoms with Gasteiger partial charge >= 0.3 is 5.97 Å². The number of nitrogens with zero attached hydrogens (tertiary/aromatic N) is 1. The van der Waals surface area contributed by atoms with E-state index in [2.05, 4.69) is 0 Å². The highest BCUT2D eigenvalue weighted by Gasteiger charge is 2.32. The van der Waals surface area contributed by atoms with Crippen molar-refractivity contribution in [1.82, 2.24) is 0 Å². The topological polar surface area (TPSA) is 77.8 Å². The second kappa shape index (κ2) is 8.00. The Hall–Kier alpha value is -3.20. The van der Waals surface area contributed by atoms with E-state index >= 15 is 0 Å². The van der Waals surface area contributed by atoms with Crippen LogP contribution >= 0.6 is 0 Å². The van der Waals surface area contributed by atoms with Crippen molar-refractivity contribution in [2.45, 2.75) is 25.9 Å². The Kier molecular flexibility index (Phi) is 5.51. The summed E-state index contributed by atoms with van der Waals surface area (Å²) in [4.78, 5) is 11.9. The molecule has 2 aromatic rings. The lowest BCUT2D eigenvalue weighted by molar-refractivity contribution is -0.146. The zero-order valence-corrected chi connectivity index (χ0v) is 15.4. The van der Waals surface area contributed by atoms with E-state index in [1.165, 1.54) is 0 Å². The molecule has 2 aromatic carbocycles. The van der Waals surface area contributed by atoms with Crippen LogP contribution in [-0.4, -0.2) is 31.4 Å². The molecule has 3 rings (SSSR count). The largest absolute Gasteiger partial charge is 0.490 e. The molecule has 6 nitrogen and oxygen atoms in total. The van der Waals surface area contributed by atoms with Crippen molar-refractivity contribution >= 4 is 5.97 Å². The van der Waals surface area contributed by atoms with Gasteiger partial charge in [-0.2, -0.15) is 5.26 Å². The van der Waals surface area contributed by atoms with Crippen molar-refractivity contribution in [1.29, 1.82) is 5.26 Å². The van der Waals surface area contributed by atoms with Crippen molar-refractivity contribution in [2.75, 3.05) is 19.8 Å². The van der Waals surface area contributed by atoms with E-state index in [1.807, 2.05) is 32.0 Å². The molecule has 6 heteroatoms. The highest BCUT2D eigenvalue weighted by atomic mass is 16.6. The molecule has 0 saturated carbocycles. The van der Waals surface area contributed by atoms with Crippen LogP contribution in [0, 0.1) is 11.3 Å². The Labute approximate surface area is 158 Å². The maximum absolute atomic E-state index is 11.9. The predicted octanol–water partition coefficient (Wildman–Crippen LogP) is 3.27. The molecule has 0 bridgehead atoms. The van der Waals surface area contributed by atoms with Crippen LogP contribution in [0.5, 0.6) is 17.2 Å². The van der Waals surface area contributed by atoms with Gasteiger partial charge in [-0.1, -0.05) is 12.1 Å². The van der Waals surface area contributed by atoms with Crippen molar-refractivity contribution in [2.24, 2.45) is 0 Å².